The van der Waals surface area contributed by atoms with Crippen molar-refractivity contribution in [3.8, 4) is 12.3 Å². The summed E-state index contributed by atoms with van der Waals surface area (Å²) in [4.78, 5) is 1.86. The van der Waals surface area contributed by atoms with E-state index in [9.17, 15) is 4.39 Å². The van der Waals surface area contributed by atoms with Crippen molar-refractivity contribution in [3.05, 3.63) is 29.6 Å². The van der Waals surface area contributed by atoms with Crippen LogP contribution < -0.4 is 4.90 Å². The Hall–Kier alpha value is -1.49. The third kappa shape index (κ3) is 2.22. The fourth-order valence-corrected chi connectivity index (χ4v) is 1.21. The maximum absolute atomic E-state index is 12.9. The van der Waals surface area contributed by atoms with Crippen molar-refractivity contribution in [1.29, 1.82) is 0 Å². The monoisotopic (exact) mass is 177 g/mol. The number of rotatable bonds is 2. The molecule has 0 aromatic heterocycles. The van der Waals surface area contributed by atoms with Gasteiger partial charge in [-0.3, -0.25) is 0 Å². The Labute approximate surface area is 78.2 Å². The Kier molecular flexibility index (Phi) is 2.92. The largest absolute Gasteiger partial charge is 0.377 e. The van der Waals surface area contributed by atoms with Gasteiger partial charge in [0, 0.05) is 26.2 Å². The standard InChI is InChI=1S/C11H12FN/c1-4-5-9-6-7-10(12)8-11(9)13(2)3/h1,6-8H,5H2,2-3H3. The van der Waals surface area contributed by atoms with E-state index in [0.29, 0.717) is 6.42 Å². The first kappa shape index (κ1) is 9.60. The fraction of sp³-hybridized carbons (Fsp3) is 0.273. The first-order valence-corrected chi connectivity index (χ1v) is 4.04. The molecular weight excluding hydrogens is 165 g/mol. The van der Waals surface area contributed by atoms with Gasteiger partial charge < -0.3 is 4.90 Å². The number of terminal acetylenes is 1. The molecule has 1 nitrogen and oxygen atoms in total. The molecule has 13 heavy (non-hydrogen) atoms. The molecule has 0 aliphatic rings. The molecule has 0 saturated heterocycles. The Balaban J connectivity index is 3.12. The van der Waals surface area contributed by atoms with Gasteiger partial charge in [0.1, 0.15) is 5.82 Å². The van der Waals surface area contributed by atoms with Crippen LogP contribution in [0.4, 0.5) is 10.1 Å². The summed E-state index contributed by atoms with van der Waals surface area (Å²) in [7, 11) is 3.74. The molecule has 1 aromatic carbocycles. The summed E-state index contributed by atoms with van der Waals surface area (Å²) in [6, 6.07) is 4.65. The molecule has 0 unspecified atom stereocenters. The summed E-state index contributed by atoms with van der Waals surface area (Å²) in [5.74, 6) is 2.32. The first-order chi connectivity index (χ1) is 6.15. The number of benzene rings is 1. The van der Waals surface area contributed by atoms with Gasteiger partial charge in [0.25, 0.3) is 0 Å². The van der Waals surface area contributed by atoms with Crippen molar-refractivity contribution in [3.63, 3.8) is 0 Å². The lowest BCUT2D eigenvalue weighted by Crippen LogP contribution is -2.11. The Morgan fingerprint density at radius 3 is 2.69 bits per heavy atom. The third-order valence-corrected chi connectivity index (χ3v) is 1.82. The molecule has 0 spiro atoms. The van der Waals surface area contributed by atoms with Crippen LogP contribution in [-0.2, 0) is 6.42 Å². The Morgan fingerprint density at radius 1 is 1.46 bits per heavy atom. The Morgan fingerprint density at radius 2 is 2.15 bits per heavy atom. The van der Waals surface area contributed by atoms with E-state index in [1.807, 2.05) is 19.0 Å². The molecule has 0 atom stereocenters. The number of halogens is 1. The van der Waals surface area contributed by atoms with Crippen LogP contribution in [-0.4, -0.2) is 14.1 Å². The molecule has 1 rings (SSSR count). The number of nitrogens with zero attached hydrogens (tertiary/aromatic N) is 1. The molecule has 68 valence electrons. The van der Waals surface area contributed by atoms with Gasteiger partial charge in [-0.25, -0.2) is 4.39 Å². The first-order valence-electron chi connectivity index (χ1n) is 4.04. The van der Waals surface area contributed by atoms with Crippen molar-refractivity contribution in [2.24, 2.45) is 0 Å². The van der Waals surface area contributed by atoms with Crippen molar-refractivity contribution >= 4 is 5.69 Å². The van der Waals surface area contributed by atoms with E-state index < -0.39 is 0 Å². The summed E-state index contributed by atoms with van der Waals surface area (Å²) in [5.41, 5.74) is 1.83. The van der Waals surface area contributed by atoms with Gasteiger partial charge in [-0.1, -0.05) is 6.07 Å². The highest BCUT2D eigenvalue weighted by Gasteiger charge is 2.04. The van der Waals surface area contributed by atoms with Crippen molar-refractivity contribution in [2.45, 2.75) is 6.42 Å². The highest BCUT2D eigenvalue weighted by Crippen LogP contribution is 2.19. The van der Waals surface area contributed by atoms with E-state index >= 15 is 0 Å². The van der Waals surface area contributed by atoms with E-state index in [0.717, 1.165) is 11.3 Å². The minimum absolute atomic E-state index is 0.232. The van der Waals surface area contributed by atoms with Gasteiger partial charge in [0.15, 0.2) is 0 Å². The molecule has 0 N–H and O–H groups in total. The van der Waals surface area contributed by atoms with E-state index in [1.165, 1.54) is 12.1 Å². The molecule has 0 bridgehead atoms. The predicted molar refractivity (Wildman–Crippen MR) is 53.3 cm³/mol. The average Bonchev–Trinajstić information content (AvgIpc) is 2.08. The van der Waals surface area contributed by atoms with Gasteiger partial charge in [0.05, 0.1) is 0 Å². The smallest absolute Gasteiger partial charge is 0.125 e. The van der Waals surface area contributed by atoms with Gasteiger partial charge in [-0.05, 0) is 17.7 Å². The highest BCUT2D eigenvalue weighted by molar-refractivity contribution is 5.53. The molecule has 0 fully saturated rings. The highest BCUT2D eigenvalue weighted by atomic mass is 19.1. The molecule has 1 aromatic rings. The number of hydrogen-bond donors (Lipinski definition) is 0. The SMILES string of the molecule is C#CCc1ccc(F)cc1N(C)C. The van der Waals surface area contributed by atoms with Gasteiger partial charge in [-0.15, -0.1) is 12.3 Å². The number of anilines is 1. The molecule has 0 amide bonds. The summed E-state index contributed by atoms with van der Waals surface area (Å²) in [6.07, 6.45) is 5.74. The topological polar surface area (TPSA) is 3.24 Å². The molecule has 0 radical (unpaired) electrons. The lowest BCUT2D eigenvalue weighted by atomic mass is 10.1. The zero-order chi connectivity index (χ0) is 9.84. The summed E-state index contributed by atoms with van der Waals surface area (Å²) < 4.78 is 12.9. The lowest BCUT2D eigenvalue weighted by molar-refractivity contribution is 0.627. The van der Waals surface area contributed by atoms with Gasteiger partial charge >= 0.3 is 0 Å². The summed E-state index contributed by atoms with van der Waals surface area (Å²) in [6.45, 7) is 0. The normalized spacial score (nSPS) is 9.38. The molecule has 0 aliphatic carbocycles. The minimum Gasteiger partial charge on any atom is -0.377 e. The molecular formula is C11H12FN. The molecule has 0 aliphatic heterocycles. The van der Waals surface area contributed by atoms with E-state index in [4.69, 9.17) is 6.42 Å². The fourth-order valence-electron chi connectivity index (χ4n) is 1.21. The summed E-state index contributed by atoms with van der Waals surface area (Å²) in [5, 5.41) is 0. The van der Waals surface area contributed by atoms with Crippen LogP contribution in [0.15, 0.2) is 18.2 Å². The maximum Gasteiger partial charge on any atom is 0.125 e. The van der Waals surface area contributed by atoms with Crippen LogP contribution in [0.1, 0.15) is 5.56 Å². The molecule has 2 heteroatoms. The molecule has 0 saturated carbocycles. The summed E-state index contributed by atoms with van der Waals surface area (Å²) >= 11 is 0. The second-order valence-electron chi connectivity index (χ2n) is 3.05. The quantitative estimate of drug-likeness (QED) is 0.625. The van der Waals surface area contributed by atoms with E-state index in [-0.39, 0.29) is 5.82 Å². The third-order valence-electron chi connectivity index (χ3n) is 1.82. The predicted octanol–water partition coefficient (Wildman–Crippen LogP) is 2.07. The zero-order valence-corrected chi connectivity index (χ0v) is 7.84. The van der Waals surface area contributed by atoms with Crippen LogP contribution in [0.2, 0.25) is 0 Å². The van der Waals surface area contributed by atoms with Crippen LogP contribution in [0, 0.1) is 18.2 Å². The Bertz CT molecular complexity index is 336. The maximum atomic E-state index is 12.9. The number of hydrogen-bond acceptors (Lipinski definition) is 1. The average molecular weight is 177 g/mol. The van der Waals surface area contributed by atoms with Gasteiger partial charge in [0.2, 0.25) is 0 Å². The van der Waals surface area contributed by atoms with Crippen molar-refractivity contribution in [1.82, 2.24) is 0 Å². The minimum atomic E-state index is -0.232. The van der Waals surface area contributed by atoms with Crippen molar-refractivity contribution in [2.75, 3.05) is 19.0 Å². The van der Waals surface area contributed by atoms with Gasteiger partial charge in [-0.2, -0.15) is 0 Å². The van der Waals surface area contributed by atoms with Crippen molar-refractivity contribution < 1.29 is 4.39 Å². The van der Waals surface area contributed by atoms with E-state index in [1.54, 1.807) is 6.07 Å². The van der Waals surface area contributed by atoms with Crippen LogP contribution in [0.3, 0.4) is 0 Å². The van der Waals surface area contributed by atoms with Crippen LogP contribution in [0.5, 0.6) is 0 Å². The zero-order valence-electron chi connectivity index (χ0n) is 7.84. The molecule has 0 heterocycles. The second kappa shape index (κ2) is 3.95. The van der Waals surface area contributed by atoms with Crippen LogP contribution in [0.25, 0.3) is 0 Å². The van der Waals surface area contributed by atoms with E-state index in [2.05, 4.69) is 5.92 Å². The van der Waals surface area contributed by atoms with Crippen LogP contribution >= 0.6 is 0 Å². The second-order valence-corrected chi connectivity index (χ2v) is 3.05. The lowest BCUT2D eigenvalue weighted by Gasteiger charge is -2.16.